The molecule has 1 aromatic heterocycles. The fourth-order valence-electron chi connectivity index (χ4n) is 2.11. The number of hydrogen-bond acceptors (Lipinski definition) is 3. The molecule has 1 N–H and O–H groups in total. The van der Waals surface area contributed by atoms with Crippen molar-refractivity contribution in [2.75, 3.05) is 23.3 Å². The Kier molecular flexibility index (Phi) is 4.93. The Hall–Kier alpha value is -2.10. The number of pyridine rings is 1. The Balaban J connectivity index is 2.13. The molecule has 0 unspecified atom stereocenters. The largest absolute Gasteiger partial charge is 0.370 e. The summed E-state index contributed by atoms with van der Waals surface area (Å²) in [5.41, 5.74) is 2.21. The van der Waals surface area contributed by atoms with Gasteiger partial charge in [-0.05, 0) is 55.8 Å². The van der Waals surface area contributed by atoms with Crippen LogP contribution in [0, 0.1) is 5.82 Å². The topological polar surface area (TPSA) is 28.2 Å². The Morgan fingerprint density at radius 1 is 1.15 bits per heavy atom. The van der Waals surface area contributed by atoms with E-state index in [0.717, 1.165) is 31.1 Å². The van der Waals surface area contributed by atoms with Gasteiger partial charge in [0.05, 0.1) is 0 Å². The third kappa shape index (κ3) is 3.70. The summed E-state index contributed by atoms with van der Waals surface area (Å²) in [6.45, 7) is 6.64. The Labute approximate surface area is 119 Å². The quantitative estimate of drug-likeness (QED) is 0.870. The van der Waals surface area contributed by atoms with E-state index in [1.54, 1.807) is 0 Å². The lowest BCUT2D eigenvalue weighted by Crippen LogP contribution is -2.22. The average Bonchev–Trinajstić information content (AvgIpc) is 2.47. The summed E-state index contributed by atoms with van der Waals surface area (Å²) < 4.78 is 13.0. The van der Waals surface area contributed by atoms with Crippen molar-refractivity contribution in [1.29, 1.82) is 0 Å². The predicted octanol–water partition coefficient (Wildman–Crippen LogP) is 3.68. The Bertz CT molecular complexity index is 540. The van der Waals surface area contributed by atoms with E-state index in [2.05, 4.69) is 28.2 Å². The van der Waals surface area contributed by atoms with E-state index < -0.39 is 0 Å². The molecule has 0 aliphatic rings. The Morgan fingerprint density at radius 2 is 1.90 bits per heavy atom. The van der Waals surface area contributed by atoms with Crippen molar-refractivity contribution in [3.63, 3.8) is 0 Å². The monoisotopic (exact) mass is 273 g/mol. The maximum absolute atomic E-state index is 13.0. The van der Waals surface area contributed by atoms with E-state index in [4.69, 9.17) is 0 Å². The van der Waals surface area contributed by atoms with Gasteiger partial charge in [0.15, 0.2) is 0 Å². The summed E-state index contributed by atoms with van der Waals surface area (Å²) in [6, 6.07) is 10.7. The third-order valence-corrected chi connectivity index (χ3v) is 3.13. The zero-order valence-corrected chi connectivity index (χ0v) is 11.9. The number of benzene rings is 1. The molecule has 0 radical (unpaired) electrons. The molecule has 0 saturated carbocycles. The van der Waals surface area contributed by atoms with Crippen molar-refractivity contribution < 1.29 is 4.39 Å². The Morgan fingerprint density at radius 3 is 2.55 bits per heavy atom. The highest BCUT2D eigenvalue weighted by molar-refractivity contribution is 5.47. The van der Waals surface area contributed by atoms with Crippen LogP contribution in [0.25, 0.3) is 0 Å². The minimum Gasteiger partial charge on any atom is -0.370 e. The lowest BCUT2D eigenvalue weighted by atomic mass is 10.2. The van der Waals surface area contributed by atoms with Gasteiger partial charge in [-0.1, -0.05) is 0 Å². The number of hydrogen-bond donors (Lipinski definition) is 1. The highest BCUT2D eigenvalue weighted by Gasteiger charge is 2.06. The zero-order valence-electron chi connectivity index (χ0n) is 11.9. The highest BCUT2D eigenvalue weighted by Crippen LogP contribution is 2.18. The normalized spacial score (nSPS) is 10.3. The molecule has 0 aliphatic heterocycles. The summed E-state index contributed by atoms with van der Waals surface area (Å²) in [7, 11) is 0. The van der Waals surface area contributed by atoms with Gasteiger partial charge in [0.2, 0.25) is 0 Å². The molecule has 0 bridgehead atoms. The van der Waals surface area contributed by atoms with Crippen LogP contribution < -0.4 is 10.2 Å². The minimum atomic E-state index is -0.205. The van der Waals surface area contributed by atoms with Gasteiger partial charge in [0.1, 0.15) is 11.6 Å². The van der Waals surface area contributed by atoms with Gasteiger partial charge in [-0.15, -0.1) is 0 Å². The summed E-state index contributed by atoms with van der Waals surface area (Å²) in [5, 5.41) is 3.21. The summed E-state index contributed by atoms with van der Waals surface area (Å²) >= 11 is 0. The van der Waals surface area contributed by atoms with Crippen LogP contribution in [0.5, 0.6) is 0 Å². The van der Waals surface area contributed by atoms with Crippen LogP contribution in [0.1, 0.15) is 19.4 Å². The maximum Gasteiger partial charge on any atom is 0.126 e. The lowest BCUT2D eigenvalue weighted by Gasteiger charge is -2.23. The second kappa shape index (κ2) is 6.89. The van der Waals surface area contributed by atoms with Gasteiger partial charge in [0.25, 0.3) is 0 Å². The van der Waals surface area contributed by atoms with Crippen LogP contribution in [-0.4, -0.2) is 18.1 Å². The number of halogens is 1. The molecule has 4 heteroatoms. The van der Waals surface area contributed by atoms with Crippen molar-refractivity contribution in [2.24, 2.45) is 0 Å². The van der Waals surface area contributed by atoms with E-state index in [9.17, 15) is 4.39 Å². The van der Waals surface area contributed by atoms with Crippen molar-refractivity contribution >= 4 is 11.5 Å². The molecule has 3 nitrogen and oxygen atoms in total. The van der Waals surface area contributed by atoms with Gasteiger partial charge >= 0.3 is 0 Å². The summed E-state index contributed by atoms with van der Waals surface area (Å²) in [4.78, 5) is 6.47. The molecule has 2 aromatic rings. The first-order valence-corrected chi connectivity index (χ1v) is 6.92. The van der Waals surface area contributed by atoms with Gasteiger partial charge in [-0.25, -0.2) is 9.37 Å². The molecule has 1 heterocycles. The molecular weight excluding hydrogens is 253 g/mol. The van der Waals surface area contributed by atoms with Crippen LogP contribution in [0.3, 0.4) is 0 Å². The molecule has 0 aliphatic carbocycles. The zero-order chi connectivity index (χ0) is 14.4. The first kappa shape index (κ1) is 14.3. The van der Waals surface area contributed by atoms with Crippen molar-refractivity contribution in [3.05, 3.63) is 54.0 Å². The summed E-state index contributed by atoms with van der Waals surface area (Å²) in [5.74, 6) is 0.684. The smallest absolute Gasteiger partial charge is 0.126 e. The lowest BCUT2D eigenvalue weighted by molar-refractivity contribution is 0.627. The fourth-order valence-corrected chi connectivity index (χ4v) is 2.11. The van der Waals surface area contributed by atoms with E-state index in [-0.39, 0.29) is 5.82 Å². The molecular formula is C16H20FN3. The van der Waals surface area contributed by atoms with Gasteiger partial charge in [-0.2, -0.15) is 0 Å². The molecule has 1 aromatic carbocycles. The molecule has 0 saturated heterocycles. The average molecular weight is 273 g/mol. The number of aromatic nitrogens is 1. The molecule has 106 valence electrons. The maximum atomic E-state index is 13.0. The number of nitrogens with zero attached hydrogens (tertiary/aromatic N) is 2. The molecule has 0 fully saturated rings. The molecule has 20 heavy (non-hydrogen) atoms. The van der Waals surface area contributed by atoms with Crippen LogP contribution in [-0.2, 0) is 6.54 Å². The van der Waals surface area contributed by atoms with E-state index in [1.807, 2.05) is 31.3 Å². The first-order chi connectivity index (χ1) is 9.72. The van der Waals surface area contributed by atoms with Crippen molar-refractivity contribution in [3.8, 4) is 0 Å². The minimum absolute atomic E-state index is 0.205. The van der Waals surface area contributed by atoms with Crippen molar-refractivity contribution in [1.82, 2.24) is 4.98 Å². The first-order valence-electron chi connectivity index (χ1n) is 6.92. The van der Waals surface area contributed by atoms with Gasteiger partial charge in [0, 0.05) is 31.5 Å². The van der Waals surface area contributed by atoms with E-state index in [1.165, 1.54) is 17.7 Å². The predicted molar refractivity (Wildman–Crippen MR) is 81.5 cm³/mol. The number of nitrogens with one attached hydrogen (secondary N) is 1. The second-order valence-corrected chi connectivity index (χ2v) is 4.57. The van der Waals surface area contributed by atoms with Crippen LogP contribution in [0.2, 0.25) is 0 Å². The molecule has 0 amide bonds. The van der Waals surface area contributed by atoms with E-state index >= 15 is 0 Å². The molecule has 0 atom stereocenters. The molecule has 2 rings (SSSR count). The third-order valence-electron chi connectivity index (χ3n) is 3.13. The van der Waals surface area contributed by atoms with Crippen LogP contribution in [0.4, 0.5) is 15.9 Å². The second-order valence-electron chi connectivity index (χ2n) is 4.57. The van der Waals surface area contributed by atoms with Crippen LogP contribution >= 0.6 is 0 Å². The number of anilines is 2. The van der Waals surface area contributed by atoms with Gasteiger partial charge < -0.3 is 10.2 Å². The van der Waals surface area contributed by atoms with Crippen LogP contribution in [0.15, 0.2) is 42.6 Å². The van der Waals surface area contributed by atoms with Gasteiger partial charge in [-0.3, -0.25) is 0 Å². The van der Waals surface area contributed by atoms with Crippen molar-refractivity contribution in [2.45, 2.75) is 20.4 Å². The standard InChI is InChI=1S/C16H20FN3/c1-3-18-16-11-13(9-10-19-16)12-20(4-2)15-7-5-14(17)6-8-15/h5-11H,3-4,12H2,1-2H3,(H,18,19). The highest BCUT2D eigenvalue weighted by atomic mass is 19.1. The summed E-state index contributed by atoms with van der Waals surface area (Å²) in [6.07, 6.45) is 1.81. The molecule has 0 spiro atoms. The fraction of sp³-hybridized carbons (Fsp3) is 0.312. The number of rotatable bonds is 6. The van der Waals surface area contributed by atoms with E-state index in [0.29, 0.717) is 0 Å². The SMILES string of the molecule is CCNc1cc(CN(CC)c2ccc(F)cc2)ccn1.